The predicted molar refractivity (Wildman–Crippen MR) is 88.8 cm³/mol. The largest absolute Gasteiger partial charge is 0.444 e. The van der Waals surface area contributed by atoms with Crippen molar-refractivity contribution in [2.45, 2.75) is 69.9 Å². The second-order valence-electron chi connectivity index (χ2n) is 7.97. The molecule has 2 amide bonds. The number of likely N-dealkylation sites (N-methyl/N-ethyl adjacent to an activating group) is 1. The third kappa shape index (κ3) is 3.62. The molecule has 0 bridgehead atoms. The smallest absolute Gasteiger partial charge is 0.408 e. The van der Waals surface area contributed by atoms with E-state index in [9.17, 15) is 9.59 Å². The molecule has 25 heavy (non-hydrogen) atoms. The molecule has 138 valence electrons. The van der Waals surface area contributed by atoms with E-state index >= 15 is 0 Å². The Morgan fingerprint density at radius 2 is 2.08 bits per heavy atom. The number of carbonyl (C=O) groups is 2. The fraction of sp³-hybridized carbons (Fsp3) is 0.765. The summed E-state index contributed by atoms with van der Waals surface area (Å²) in [6, 6.07) is 0. The molecular formula is C17H26N4O4. The lowest BCUT2D eigenvalue weighted by Crippen LogP contribution is -2.52. The van der Waals surface area contributed by atoms with E-state index in [4.69, 9.17) is 9.26 Å². The molecule has 1 N–H and O–H groups in total. The quantitative estimate of drug-likeness (QED) is 0.898. The Labute approximate surface area is 147 Å². The molecular weight excluding hydrogens is 324 g/mol. The maximum Gasteiger partial charge on any atom is 0.408 e. The van der Waals surface area contributed by atoms with E-state index in [2.05, 4.69) is 15.5 Å². The average Bonchev–Trinajstić information content (AvgIpc) is 2.93. The topological polar surface area (TPSA) is 97.6 Å². The van der Waals surface area contributed by atoms with E-state index in [0.717, 1.165) is 32.2 Å². The number of hydrogen-bond acceptors (Lipinski definition) is 6. The lowest BCUT2D eigenvalue weighted by atomic mass is 9.76. The molecule has 1 aromatic rings. The molecule has 2 aliphatic rings. The van der Waals surface area contributed by atoms with Gasteiger partial charge in [0.15, 0.2) is 5.82 Å². The van der Waals surface area contributed by atoms with Gasteiger partial charge in [0.1, 0.15) is 17.1 Å². The number of carbonyl (C=O) groups excluding carboxylic acids is 2. The fourth-order valence-electron chi connectivity index (χ4n) is 3.27. The van der Waals surface area contributed by atoms with Gasteiger partial charge in [0, 0.05) is 13.6 Å². The zero-order valence-corrected chi connectivity index (χ0v) is 15.3. The van der Waals surface area contributed by atoms with E-state index in [1.165, 1.54) is 0 Å². The zero-order chi connectivity index (χ0) is 18.2. The van der Waals surface area contributed by atoms with Crippen LogP contribution in [-0.2, 0) is 15.1 Å². The summed E-state index contributed by atoms with van der Waals surface area (Å²) in [6.45, 7) is 6.20. The van der Waals surface area contributed by atoms with Crippen molar-refractivity contribution in [2.24, 2.45) is 0 Å². The van der Waals surface area contributed by atoms with Crippen LogP contribution in [0.15, 0.2) is 4.52 Å². The van der Waals surface area contributed by atoms with Crippen LogP contribution in [0.4, 0.5) is 4.79 Å². The second-order valence-corrected chi connectivity index (χ2v) is 7.97. The molecule has 8 nitrogen and oxygen atoms in total. The summed E-state index contributed by atoms with van der Waals surface area (Å²) in [6.07, 6.45) is 3.54. The van der Waals surface area contributed by atoms with Gasteiger partial charge in [-0.25, -0.2) is 4.79 Å². The average molecular weight is 350 g/mol. The minimum atomic E-state index is -0.659. The SMILES string of the molecule is CN1CCCC(c2nc(C3(NC(=O)OC(C)(C)C)CCC3)no2)C1=O. The Hall–Kier alpha value is -2.12. The molecule has 2 fully saturated rings. The highest BCUT2D eigenvalue weighted by molar-refractivity contribution is 5.83. The van der Waals surface area contributed by atoms with Crippen LogP contribution < -0.4 is 5.32 Å². The number of likely N-dealkylation sites (tertiary alicyclic amines) is 1. The van der Waals surface area contributed by atoms with Crippen LogP contribution in [0.5, 0.6) is 0 Å². The lowest BCUT2D eigenvalue weighted by Gasteiger charge is -2.39. The second kappa shape index (κ2) is 6.31. The summed E-state index contributed by atoms with van der Waals surface area (Å²) in [5.74, 6) is 0.382. The summed E-state index contributed by atoms with van der Waals surface area (Å²) in [4.78, 5) is 30.6. The third-order valence-corrected chi connectivity index (χ3v) is 4.78. The van der Waals surface area contributed by atoms with Crippen molar-refractivity contribution in [1.29, 1.82) is 0 Å². The van der Waals surface area contributed by atoms with Gasteiger partial charge in [0.2, 0.25) is 11.8 Å². The highest BCUT2D eigenvalue weighted by atomic mass is 16.6. The first kappa shape index (κ1) is 17.7. The van der Waals surface area contributed by atoms with Gasteiger partial charge in [0.05, 0.1) is 0 Å². The van der Waals surface area contributed by atoms with Crippen LogP contribution in [-0.4, -0.2) is 46.2 Å². The molecule has 1 atom stereocenters. The monoisotopic (exact) mass is 350 g/mol. The summed E-state index contributed by atoms with van der Waals surface area (Å²) < 4.78 is 10.7. The molecule has 1 saturated carbocycles. The predicted octanol–water partition coefficient (Wildman–Crippen LogP) is 2.31. The van der Waals surface area contributed by atoms with Crippen LogP contribution in [0.1, 0.15) is 70.5 Å². The molecule has 1 unspecified atom stereocenters. The molecule has 1 aliphatic heterocycles. The van der Waals surface area contributed by atoms with Crippen LogP contribution >= 0.6 is 0 Å². The number of nitrogens with zero attached hydrogens (tertiary/aromatic N) is 3. The number of rotatable bonds is 3. The Balaban J connectivity index is 1.75. The highest BCUT2D eigenvalue weighted by Crippen LogP contribution is 2.40. The van der Waals surface area contributed by atoms with E-state index in [-0.39, 0.29) is 5.91 Å². The molecule has 0 aromatic carbocycles. The Kier molecular flexibility index (Phi) is 4.47. The first-order chi connectivity index (χ1) is 11.7. The van der Waals surface area contributed by atoms with Crippen LogP contribution in [0, 0.1) is 0 Å². The van der Waals surface area contributed by atoms with Crippen molar-refractivity contribution < 1.29 is 18.8 Å². The Bertz CT molecular complexity index is 660. The summed E-state index contributed by atoms with van der Waals surface area (Å²) in [5.41, 5.74) is -1.23. The van der Waals surface area contributed by atoms with Crippen molar-refractivity contribution in [2.75, 3.05) is 13.6 Å². The van der Waals surface area contributed by atoms with Gasteiger partial charge in [-0.3, -0.25) is 4.79 Å². The van der Waals surface area contributed by atoms with E-state index in [0.29, 0.717) is 18.1 Å². The Morgan fingerprint density at radius 1 is 1.36 bits per heavy atom. The number of aromatic nitrogens is 2. The number of piperidine rings is 1. The van der Waals surface area contributed by atoms with Gasteiger partial charge in [-0.2, -0.15) is 4.98 Å². The van der Waals surface area contributed by atoms with Crippen molar-refractivity contribution in [3.8, 4) is 0 Å². The number of hydrogen-bond donors (Lipinski definition) is 1. The molecule has 0 spiro atoms. The van der Waals surface area contributed by atoms with Gasteiger partial charge < -0.3 is 19.5 Å². The summed E-state index contributed by atoms with van der Waals surface area (Å²) in [5, 5.41) is 6.96. The number of nitrogens with one attached hydrogen (secondary N) is 1. The highest BCUT2D eigenvalue weighted by Gasteiger charge is 2.46. The minimum absolute atomic E-state index is 0.00390. The summed E-state index contributed by atoms with van der Waals surface area (Å²) >= 11 is 0. The molecule has 3 rings (SSSR count). The maximum absolute atomic E-state index is 12.3. The van der Waals surface area contributed by atoms with Gasteiger partial charge in [0.25, 0.3) is 0 Å². The Morgan fingerprint density at radius 3 is 2.68 bits per heavy atom. The maximum atomic E-state index is 12.3. The van der Waals surface area contributed by atoms with E-state index < -0.39 is 23.2 Å². The minimum Gasteiger partial charge on any atom is -0.444 e. The standard InChI is InChI=1S/C17H26N4O4/c1-16(2,3)24-15(23)19-17(8-6-9-17)14-18-12(25-20-14)11-7-5-10-21(4)13(11)22/h11H,5-10H2,1-4H3,(H,19,23). The van der Waals surface area contributed by atoms with Gasteiger partial charge in [-0.1, -0.05) is 5.16 Å². The van der Waals surface area contributed by atoms with Crippen molar-refractivity contribution in [1.82, 2.24) is 20.4 Å². The lowest BCUT2D eigenvalue weighted by molar-refractivity contribution is -0.134. The molecule has 0 radical (unpaired) electrons. The van der Waals surface area contributed by atoms with Crippen molar-refractivity contribution >= 4 is 12.0 Å². The van der Waals surface area contributed by atoms with Crippen molar-refractivity contribution in [3.05, 3.63) is 11.7 Å². The normalized spacial score (nSPS) is 23.1. The number of amides is 2. The molecule has 2 heterocycles. The third-order valence-electron chi connectivity index (χ3n) is 4.78. The zero-order valence-electron chi connectivity index (χ0n) is 15.3. The van der Waals surface area contributed by atoms with Crippen LogP contribution in [0.3, 0.4) is 0 Å². The number of alkyl carbamates (subject to hydrolysis) is 1. The fourth-order valence-corrected chi connectivity index (χ4v) is 3.27. The van der Waals surface area contributed by atoms with E-state index in [1.807, 2.05) is 20.8 Å². The first-order valence-corrected chi connectivity index (χ1v) is 8.80. The molecule has 1 aromatic heterocycles. The van der Waals surface area contributed by atoms with Gasteiger partial charge in [-0.05, 0) is 52.9 Å². The molecule has 1 saturated heterocycles. The van der Waals surface area contributed by atoms with Gasteiger partial charge >= 0.3 is 6.09 Å². The summed E-state index contributed by atoms with van der Waals surface area (Å²) in [7, 11) is 1.78. The molecule has 8 heteroatoms. The first-order valence-electron chi connectivity index (χ1n) is 8.80. The van der Waals surface area contributed by atoms with E-state index in [1.54, 1.807) is 11.9 Å². The van der Waals surface area contributed by atoms with Crippen LogP contribution in [0.2, 0.25) is 0 Å². The van der Waals surface area contributed by atoms with Gasteiger partial charge in [-0.15, -0.1) is 0 Å². The molecule has 1 aliphatic carbocycles. The van der Waals surface area contributed by atoms with Crippen LogP contribution in [0.25, 0.3) is 0 Å². The number of ether oxygens (including phenoxy) is 1. The van der Waals surface area contributed by atoms with Crippen molar-refractivity contribution in [3.63, 3.8) is 0 Å².